The van der Waals surface area contributed by atoms with Crippen molar-refractivity contribution in [1.82, 2.24) is 15.2 Å². The molecule has 0 saturated carbocycles. The Morgan fingerprint density at radius 1 is 1.06 bits per heavy atom. The summed E-state index contributed by atoms with van der Waals surface area (Å²) in [7, 11) is 0. The molecule has 0 saturated heterocycles. The van der Waals surface area contributed by atoms with Crippen LogP contribution in [0.1, 0.15) is 57.4 Å². The molecule has 2 aromatic rings. The van der Waals surface area contributed by atoms with Gasteiger partial charge in [-0.1, -0.05) is 12.8 Å². The van der Waals surface area contributed by atoms with E-state index in [-0.39, 0.29) is 12.8 Å². The lowest BCUT2D eigenvalue weighted by atomic mass is 9.92. The molecule has 0 spiro atoms. The number of pyridine rings is 1. The number of hydrogen-bond donors (Lipinski definition) is 3. The van der Waals surface area contributed by atoms with Crippen molar-refractivity contribution >= 4 is 11.5 Å². The van der Waals surface area contributed by atoms with Crippen LogP contribution in [0.25, 0.3) is 11.6 Å². The van der Waals surface area contributed by atoms with Gasteiger partial charge >= 0.3 is 12.4 Å². The molecule has 31 heavy (non-hydrogen) atoms. The zero-order chi connectivity index (χ0) is 23.2. The molecule has 1 aliphatic rings. The van der Waals surface area contributed by atoms with E-state index < -0.39 is 64.5 Å². The van der Waals surface area contributed by atoms with Gasteiger partial charge in [-0.25, -0.2) is 4.98 Å². The maximum absolute atomic E-state index is 13.6. The number of aromatic nitrogens is 3. The molecule has 172 valence electrons. The number of nitrogens with one attached hydrogen (secondary N) is 1. The van der Waals surface area contributed by atoms with Crippen molar-refractivity contribution in [1.29, 1.82) is 0 Å². The lowest BCUT2D eigenvalue weighted by Gasteiger charge is -2.30. The highest BCUT2D eigenvalue weighted by atomic mass is 19.4. The molecule has 0 aliphatic carbocycles. The summed E-state index contributed by atoms with van der Waals surface area (Å²) in [6, 6.07) is 0.604. The topological polar surface area (TPSA) is 110 Å². The lowest BCUT2D eigenvalue weighted by molar-refractivity contribution is -0.277. The van der Waals surface area contributed by atoms with Crippen molar-refractivity contribution < 1.29 is 35.9 Å². The molecule has 0 aromatic carbocycles. The third-order valence-electron chi connectivity index (χ3n) is 5.10. The molecule has 4 N–H and O–H groups in total. The average molecular weight is 453 g/mol. The minimum Gasteiger partial charge on any atom is -0.416 e. The Morgan fingerprint density at radius 2 is 1.71 bits per heavy atom. The molecule has 3 rings (SSSR count). The van der Waals surface area contributed by atoms with Gasteiger partial charge in [0.15, 0.2) is 5.69 Å². The summed E-state index contributed by atoms with van der Waals surface area (Å²) in [5.41, 5.74) is -0.670. The summed E-state index contributed by atoms with van der Waals surface area (Å²) in [5, 5.41) is 19.8. The number of aliphatic hydroxyl groups is 1. The maximum atomic E-state index is 13.6. The fourth-order valence-electron chi connectivity index (χ4n) is 3.38. The first-order chi connectivity index (χ1) is 14.1. The molecule has 0 radical (unpaired) electrons. The van der Waals surface area contributed by atoms with E-state index >= 15 is 0 Å². The van der Waals surface area contributed by atoms with Crippen LogP contribution in [0.4, 0.5) is 37.8 Å². The summed E-state index contributed by atoms with van der Waals surface area (Å²) in [5.74, 6) is -2.32. The van der Waals surface area contributed by atoms with Crippen LogP contribution in [0.2, 0.25) is 0 Å². The van der Waals surface area contributed by atoms with Crippen LogP contribution in [-0.2, 0) is 11.8 Å². The number of rotatable bonds is 0. The highest BCUT2D eigenvalue weighted by Crippen LogP contribution is 2.44. The van der Waals surface area contributed by atoms with Gasteiger partial charge in [0.2, 0.25) is 5.60 Å². The smallest absolute Gasteiger partial charge is 0.416 e. The summed E-state index contributed by atoms with van der Waals surface area (Å²) in [6.45, 7) is 3.29. The molecule has 0 fully saturated rings. The van der Waals surface area contributed by atoms with Crippen molar-refractivity contribution in [2.24, 2.45) is 0 Å². The fourth-order valence-corrected chi connectivity index (χ4v) is 3.38. The summed E-state index contributed by atoms with van der Waals surface area (Å²) in [6.07, 6.45) is -9.62. The van der Waals surface area contributed by atoms with Crippen molar-refractivity contribution in [3.05, 3.63) is 17.5 Å². The monoisotopic (exact) mass is 453 g/mol. The van der Waals surface area contributed by atoms with Gasteiger partial charge in [0.1, 0.15) is 5.82 Å². The summed E-state index contributed by atoms with van der Waals surface area (Å²) >= 11 is 0. The highest BCUT2D eigenvalue weighted by molar-refractivity contribution is 5.71. The van der Waals surface area contributed by atoms with Gasteiger partial charge in [-0.3, -0.25) is 0 Å². The Morgan fingerprint density at radius 3 is 2.32 bits per heavy atom. The first kappa shape index (κ1) is 23.1. The number of nitrogens with two attached hydrogens (primary N) is 1. The number of hydrogen-bond acceptors (Lipinski definition) is 7. The Balaban J connectivity index is 2.21. The number of nitrogen functional groups attached to an aromatic ring is 1. The lowest BCUT2D eigenvalue weighted by Crippen LogP contribution is -2.42. The first-order valence-corrected chi connectivity index (χ1v) is 9.43. The van der Waals surface area contributed by atoms with Crippen molar-refractivity contribution in [3.63, 3.8) is 0 Å². The molecular formula is C18H21F6N5O2. The highest BCUT2D eigenvalue weighted by Gasteiger charge is 2.58. The van der Waals surface area contributed by atoms with E-state index in [0.29, 0.717) is 18.9 Å². The van der Waals surface area contributed by atoms with Gasteiger partial charge in [-0.2, -0.15) is 26.3 Å². The molecule has 1 aliphatic heterocycles. The van der Waals surface area contributed by atoms with Crippen LogP contribution in [0.15, 0.2) is 10.5 Å². The molecule has 13 heteroatoms. The average Bonchev–Trinajstić information content (AvgIpc) is 3.09. The standard InChI is InChI=1S/C18H21F6N5O2/c1-15(2)6-4-3-5-7-16(30,18(22,23)24)14-29-28-13(31-14)11-10(25)8-9(17(19,20)21)12(26-11)27-15/h8,30H,3-7,25H2,1-2H3,(H,26,27). The van der Waals surface area contributed by atoms with E-state index in [2.05, 4.69) is 20.5 Å². The predicted octanol–water partition coefficient (Wildman–Crippen LogP) is 4.64. The minimum atomic E-state index is -5.11. The third kappa shape index (κ3) is 4.55. The quantitative estimate of drug-likeness (QED) is 0.499. The molecule has 3 heterocycles. The van der Waals surface area contributed by atoms with Crippen molar-refractivity contribution in [2.75, 3.05) is 11.1 Å². The number of fused-ring (bicyclic) bond motifs is 5. The van der Waals surface area contributed by atoms with Crippen LogP contribution in [0.3, 0.4) is 0 Å². The van der Waals surface area contributed by atoms with Gasteiger partial charge in [-0.15, -0.1) is 10.2 Å². The number of nitrogens with zero attached hydrogens (tertiary/aromatic N) is 3. The zero-order valence-electron chi connectivity index (χ0n) is 16.7. The van der Waals surface area contributed by atoms with Gasteiger partial charge in [0, 0.05) is 5.54 Å². The van der Waals surface area contributed by atoms with Crippen LogP contribution in [0.5, 0.6) is 0 Å². The molecule has 1 atom stereocenters. The van der Waals surface area contributed by atoms with Crippen LogP contribution in [0, 0.1) is 0 Å². The molecule has 7 nitrogen and oxygen atoms in total. The van der Waals surface area contributed by atoms with E-state index in [4.69, 9.17) is 10.2 Å². The Bertz CT molecular complexity index is 956. The first-order valence-electron chi connectivity index (χ1n) is 9.43. The van der Waals surface area contributed by atoms with E-state index in [1.807, 2.05) is 0 Å². The molecular weight excluding hydrogens is 432 g/mol. The van der Waals surface area contributed by atoms with Crippen LogP contribution in [-0.4, -0.2) is 32.0 Å². The van der Waals surface area contributed by atoms with Crippen LogP contribution >= 0.6 is 0 Å². The molecule has 0 amide bonds. The van der Waals surface area contributed by atoms with Gasteiger partial charge in [0.25, 0.3) is 11.8 Å². The summed E-state index contributed by atoms with van der Waals surface area (Å²) in [4.78, 5) is 3.86. The third-order valence-corrected chi connectivity index (χ3v) is 5.10. The van der Waals surface area contributed by atoms with E-state index in [1.165, 1.54) is 0 Å². The number of halogens is 6. The van der Waals surface area contributed by atoms with Crippen molar-refractivity contribution in [2.45, 2.75) is 69.4 Å². The van der Waals surface area contributed by atoms with E-state index in [9.17, 15) is 31.4 Å². The zero-order valence-corrected chi connectivity index (χ0v) is 16.7. The minimum absolute atomic E-state index is 0.0245. The van der Waals surface area contributed by atoms with Gasteiger partial charge in [0.05, 0.1) is 11.3 Å². The molecule has 4 bridgehead atoms. The Hall–Kier alpha value is -2.57. The maximum Gasteiger partial charge on any atom is 0.426 e. The number of anilines is 2. The van der Waals surface area contributed by atoms with E-state index in [1.54, 1.807) is 13.8 Å². The normalized spacial score (nSPS) is 22.5. The fraction of sp³-hybridized carbons (Fsp3) is 0.611. The van der Waals surface area contributed by atoms with Crippen LogP contribution < -0.4 is 11.1 Å². The Labute approximate surface area is 173 Å². The van der Waals surface area contributed by atoms with Gasteiger partial charge in [-0.05, 0) is 39.2 Å². The second-order valence-corrected chi connectivity index (χ2v) is 8.16. The largest absolute Gasteiger partial charge is 0.426 e. The second kappa shape index (κ2) is 7.53. The van der Waals surface area contributed by atoms with Gasteiger partial charge < -0.3 is 20.6 Å². The summed E-state index contributed by atoms with van der Waals surface area (Å²) < 4.78 is 86.5. The van der Waals surface area contributed by atoms with E-state index in [0.717, 1.165) is 0 Å². The molecule has 2 aromatic heterocycles. The second-order valence-electron chi connectivity index (χ2n) is 8.16. The Kier molecular flexibility index (Phi) is 5.61. The van der Waals surface area contributed by atoms with Crippen molar-refractivity contribution in [3.8, 4) is 11.6 Å². The predicted molar refractivity (Wildman–Crippen MR) is 97.7 cm³/mol. The molecule has 1 unspecified atom stereocenters. The number of alkyl halides is 6. The SMILES string of the molecule is CC1(C)CCCCCC(O)(C(F)(F)F)c2nnc(o2)-c2nc(c(C(F)(F)F)cc2N)N1.